The zero-order chi connectivity index (χ0) is 23.0. The quantitative estimate of drug-likeness (QED) is 0.380. The van der Waals surface area contributed by atoms with E-state index < -0.39 is 18.6 Å². The first-order valence-corrected chi connectivity index (χ1v) is 9.94. The SMILES string of the molecule is CN=C(NCC(=O)N(C)CC(F)(F)F)NC1CCN(Cc2ccc(OC)c(F)c2)CC1. The fourth-order valence-corrected chi connectivity index (χ4v) is 3.34. The van der Waals surface area contributed by atoms with Gasteiger partial charge in [0.25, 0.3) is 0 Å². The van der Waals surface area contributed by atoms with Crippen LogP contribution >= 0.6 is 0 Å². The third-order valence-corrected chi connectivity index (χ3v) is 5.02. The number of aliphatic imine (C=N–C) groups is 1. The second-order valence-corrected chi connectivity index (χ2v) is 7.45. The Kier molecular flexibility index (Phi) is 8.90. The predicted molar refractivity (Wildman–Crippen MR) is 109 cm³/mol. The number of guanidine groups is 1. The van der Waals surface area contributed by atoms with Crippen LogP contribution < -0.4 is 15.4 Å². The summed E-state index contributed by atoms with van der Waals surface area (Å²) in [6, 6.07) is 5.03. The minimum atomic E-state index is -4.43. The minimum Gasteiger partial charge on any atom is -0.494 e. The summed E-state index contributed by atoms with van der Waals surface area (Å²) in [7, 11) is 4.07. The highest BCUT2D eigenvalue weighted by atomic mass is 19.4. The van der Waals surface area contributed by atoms with Crippen molar-refractivity contribution in [2.24, 2.45) is 4.99 Å². The normalized spacial score (nSPS) is 16.2. The zero-order valence-electron chi connectivity index (χ0n) is 17.9. The van der Waals surface area contributed by atoms with Gasteiger partial charge in [0.1, 0.15) is 6.54 Å². The lowest BCUT2D eigenvalue weighted by atomic mass is 10.0. The summed E-state index contributed by atoms with van der Waals surface area (Å²) in [5.41, 5.74) is 0.865. The van der Waals surface area contributed by atoms with Crippen molar-refractivity contribution in [3.8, 4) is 5.75 Å². The second-order valence-electron chi connectivity index (χ2n) is 7.45. The van der Waals surface area contributed by atoms with Crippen LogP contribution in [0.4, 0.5) is 17.6 Å². The molecule has 11 heteroatoms. The lowest BCUT2D eigenvalue weighted by molar-refractivity contribution is -0.157. The molecule has 0 bridgehead atoms. The number of amides is 1. The molecule has 2 N–H and O–H groups in total. The van der Waals surface area contributed by atoms with E-state index in [1.807, 2.05) is 6.07 Å². The highest BCUT2D eigenvalue weighted by molar-refractivity contribution is 5.86. The lowest BCUT2D eigenvalue weighted by Gasteiger charge is -2.33. The van der Waals surface area contributed by atoms with Gasteiger partial charge in [-0.1, -0.05) is 6.07 Å². The van der Waals surface area contributed by atoms with Crippen molar-refractivity contribution in [3.05, 3.63) is 29.6 Å². The maximum Gasteiger partial charge on any atom is 0.406 e. The third-order valence-electron chi connectivity index (χ3n) is 5.02. The average Bonchev–Trinajstić information content (AvgIpc) is 2.71. The second kappa shape index (κ2) is 11.2. The van der Waals surface area contributed by atoms with Gasteiger partial charge in [-0.3, -0.25) is 14.7 Å². The minimum absolute atomic E-state index is 0.109. The summed E-state index contributed by atoms with van der Waals surface area (Å²) < 4.78 is 55.9. The number of likely N-dealkylation sites (N-methyl/N-ethyl adjacent to an activating group) is 1. The Labute approximate surface area is 179 Å². The molecule has 31 heavy (non-hydrogen) atoms. The highest BCUT2D eigenvalue weighted by Gasteiger charge is 2.31. The molecule has 1 fully saturated rings. The molecule has 2 rings (SSSR count). The van der Waals surface area contributed by atoms with Gasteiger partial charge < -0.3 is 20.3 Å². The number of alkyl halides is 3. The molecule has 1 aromatic carbocycles. The number of likely N-dealkylation sites (tertiary alicyclic amines) is 1. The van der Waals surface area contributed by atoms with Gasteiger partial charge in [-0.2, -0.15) is 13.2 Å². The fraction of sp³-hybridized carbons (Fsp3) is 0.600. The summed E-state index contributed by atoms with van der Waals surface area (Å²) in [6.45, 7) is 0.621. The highest BCUT2D eigenvalue weighted by Crippen LogP contribution is 2.20. The standard InChI is InChI=1S/C20H29F4N5O2/c1-25-19(26-11-18(30)28(2)13-20(22,23)24)27-15-6-8-29(9-7-15)12-14-4-5-17(31-3)16(21)10-14/h4-5,10,15H,6-9,11-13H2,1-3H3,(H2,25,26,27). The molecular weight excluding hydrogens is 418 g/mol. The van der Waals surface area contributed by atoms with Gasteiger partial charge in [-0.25, -0.2) is 4.39 Å². The molecule has 0 unspecified atom stereocenters. The van der Waals surface area contributed by atoms with E-state index in [9.17, 15) is 22.4 Å². The Morgan fingerprint density at radius 3 is 2.55 bits per heavy atom. The molecule has 7 nitrogen and oxygen atoms in total. The number of rotatable bonds is 7. The van der Waals surface area contributed by atoms with Gasteiger partial charge in [0, 0.05) is 39.8 Å². The Morgan fingerprint density at radius 2 is 2.00 bits per heavy atom. The number of piperidine rings is 1. The van der Waals surface area contributed by atoms with Crippen molar-refractivity contribution in [2.75, 3.05) is 47.4 Å². The third kappa shape index (κ3) is 8.23. The van der Waals surface area contributed by atoms with Crippen molar-refractivity contribution < 1.29 is 27.1 Å². The van der Waals surface area contributed by atoms with Gasteiger partial charge in [0.05, 0.1) is 13.7 Å². The van der Waals surface area contributed by atoms with Gasteiger partial charge >= 0.3 is 6.18 Å². The van der Waals surface area contributed by atoms with Crippen molar-refractivity contribution >= 4 is 11.9 Å². The van der Waals surface area contributed by atoms with E-state index in [0.717, 1.165) is 38.5 Å². The number of benzene rings is 1. The molecule has 1 aliphatic heterocycles. The molecule has 0 saturated carbocycles. The monoisotopic (exact) mass is 447 g/mol. The average molecular weight is 447 g/mol. The van der Waals surface area contributed by atoms with Crippen LogP contribution in [0.5, 0.6) is 5.75 Å². The van der Waals surface area contributed by atoms with Crippen LogP contribution in [-0.4, -0.2) is 81.3 Å². The van der Waals surface area contributed by atoms with E-state index in [2.05, 4.69) is 20.5 Å². The summed E-state index contributed by atoms with van der Waals surface area (Å²) in [4.78, 5) is 18.7. The predicted octanol–water partition coefficient (Wildman–Crippen LogP) is 1.98. The van der Waals surface area contributed by atoms with Crippen molar-refractivity contribution in [1.29, 1.82) is 0 Å². The van der Waals surface area contributed by atoms with Crippen molar-refractivity contribution in [1.82, 2.24) is 20.4 Å². The smallest absolute Gasteiger partial charge is 0.406 e. The zero-order valence-corrected chi connectivity index (χ0v) is 17.9. The summed E-state index contributed by atoms with van der Waals surface area (Å²) in [6.07, 6.45) is -2.82. The molecule has 0 atom stereocenters. The first-order chi connectivity index (χ1) is 14.6. The topological polar surface area (TPSA) is 69.2 Å². The van der Waals surface area contributed by atoms with Crippen molar-refractivity contribution in [3.63, 3.8) is 0 Å². The largest absolute Gasteiger partial charge is 0.494 e. The fourth-order valence-electron chi connectivity index (χ4n) is 3.34. The molecule has 0 spiro atoms. The lowest BCUT2D eigenvalue weighted by Crippen LogP contribution is -2.50. The molecule has 0 aromatic heterocycles. The Morgan fingerprint density at radius 1 is 1.32 bits per heavy atom. The summed E-state index contributed by atoms with van der Waals surface area (Å²) >= 11 is 0. The molecule has 0 radical (unpaired) electrons. The molecule has 1 amide bonds. The van der Waals surface area contributed by atoms with Gasteiger partial charge in [0.15, 0.2) is 17.5 Å². The van der Waals surface area contributed by atoms with Gasteiger partial charge in [-0.05, 0) is 30.5 Å². The van der Waals surface area contributed by atoms with E-state index in [4.69, 9.17) is 4.74 Å². The number of ether oxygens (including phenoxy) is 1. The molecular formula is C20H29F4N5O2. The van der Waals surface area contributed by atoms with Crippen LogP contribution in [0.2, 0.25) is 0 Å². The maximum atomic E-state index is 13.9. The molecule has 1 saturated heterocycles. The van der Waals surface area contributed by atoms with Crippen LogP contribution in [0.1, 0.15) is 18.4 Å². The number of halogens is 4. The molecule has 1 aromatic rings. The Bertz CT molecular complexity index is 764. The van der Waals surface area contributed by atoms with E-state index >= 15 is 0 Å². The molecule has 174 valence electrons. The first-order valence-electron chi connectivity index (χ1n) is 9.94. The van der Waals surface area contributed by atoms with E-state index in [1.54, 1.807) is 6.07 Å². The van der Waals surface area contributed by atoms with Crippen LogP contribution in [0, 0.1) is 5.82 Å². The molecule has 0 aliphatic carbocycles. The number of nitrogens with one attached hydrogen (secondary N) is 2. The number of hydrogen-bond donors (Lipinski definition) is 2. The van der Waals surface area contributed by atoms with Gasteiger partial charge in [0.2, 0.25) is 5.91 Å². The number of carbonyl (C=O) groups excluding carboxylic acids is 1. The summed E-state index contributed by atoms with van der Waals surface area (Å²) in [5, 5.41) is 5.96. The van der Waals surface area contributed by atoms with Crippen LogP contribution in [0.3, 0.4) is 0 Å². The van der Waals surface area contributed by atoms with Crippen LogP contribution in [0.25, 0.3) is 0 Å². The van der Waals surface area contributed by atoms with E-state index in [1.165, 1.54) is 20.2 Å². The number of hydrogen-bond acceptors (Lipinski definition) is 4. The Hall–Kier alpha value is -2.56. The number of carbonyl (C=O) groups is 1. The van der Waals surface area contributed by atoms with Crippen LogP contribution in [0.15, 0.2) is 23.2 Å². The van der Waals surface area contributed by atoms with Gasteiger partial charge in [-0.15, -0.1) is 0 Å². The van der Waals surface area contributed by atoms with E-state index in [0.29, 0.717) is 17.4 Å². The molecule has 1 aliphatic rings. The van der Waals surface area contributed by atoms with Crippen molar-refractivity contribution in [2.45, 2.75) is 31.6 Å². The number of methoxy groups -OCH3 is 1. The van der Waals surface area contributed by atoms with Crippen LogP contribution in [-0.2, 0) is 11.3 Å². The molecule has 1 heterocycles. The summed E-state index contributed by atoms with van der Waals surface area (Å²) in [5.74, 6) is -0.485. The first kappa shape index (κ1) is 24.7. The maximum absolute atomic E-state index is 13.9. The Balaban J connectivity index is 1.75. The van der Waals surface area contributed by atoms with E-state index in [-0.39, 0.29) is 24.2 Å². The number of nitrogens with zero attached hydrogens (tertiary/aromatic N) is 3.